The van der Waals surface area contributed by atoms with E-state index in [1.54, 1.807) is 6.92 Å². The highest BCUT2D eigenvalue weighted by atomic mass is 16.5. The Balaban J connectivity index is 1.84. The molecule has 2 aromatic rings. The standard InChI is InChI=1S/C10H10N6O/c1-7-15-9(16-17-7)2-3-12-10-6-13-8(4-11)5-14-10/h5-6H,2-3H2,1H3,(H,12,14). The molecule has 0 unspecified atom stereocenters. The molecule has 0 aromatic carbocycles. The maximum Gasteiger partial charge on any atom is 0.223 e. The zero-order chi connectivity index (χ0) is 12.1. The van der Waals surface area contributed by atoms with Gasteiger partial charge in [-0.05, 0) is 0 Å². The van der Waals surface area contributed by atoms with Gasteiger partial charge in [0.15, 0.2) is 11.5 Å². The molecule has 17 heavy (non-hydrogen) atoms. The highest BCUT2D eigenvalue weighted by Crippen LogP contribution is 2.01. The Hall–Kier alpha value is -2.49. The van der Waals surface area contributed by atoms with Crippen molar-refractivity contribution in [3.05, 3.63) is 29.8 Å². The molecule has 0 atom stereocenters. The SMILES string of the molecule is Cc1nc(CCNc2cnc(C#N)cn2)no1. The topological polar surface area (TPSA) is 101 Å². The average molecular weight is 230 g/mol. The number of hydrogen-bond acceptors (Lipinski definition) is 7. The second kappa shape index (κ2) is 5.03. The number of hydrogen-bond donors (Lipinski definition) is 1. The zero-order valence-corrected chi connectivity index (χ0v) is 9.21. The van der Waals surface area contributed by atoms with Crippen molar-refractivity contribution in [3.63, 3.8) is 0 Å². The molecule has 0 saturated carbocycles. The molecule has 7 nitrogen and oxygen atoms in total. The molecule has 0 aliphatic carbocycles. The van der Waals surface area contributed by atoms with Gasteiger partial charge < -0.3 is 9.84 Å². The summed E-state index contributed by atoms with van der Waals surface area (Å²) >= 11 is 0. The highest BCUT2D eigenvalue weighted by Gasteiger charge is 2.02. The van der Waals surface area contributed by atoms with Gasteiger partial charge in [0.1, 0.15) is 11.9 Å². The third kappa shape index (κ3) is 2.98. The van der Waals surface area contributed by atoms with Crippen molar-refractivity contribution in [2.45, 2.75) is 13.3 Å². The van der Waals surface area contributed by atoms with Gasteiger partial charge in [0.05, 0.1) is 12.4 Å². The number of anilines is 1. The van der Waals surface area contributed by atoms with Crippen LogP contribution in [0.1, 0.15) is 17.4 Å². The summed E-state index contributed by atoms with van der Waals surface area (Å²) in [5, 5.41) is 15.4. The number of nitriles is 1. The lowest BCUT2D eigenvalue weighted by atomic mass is 10.4. The maximum atomic E-state index is 8.56. The van der Waals surface area contributed by atoms with Gasteiger partial charge in [0, 0.05) is 19.9 Å². The minimum Gasteiger partial charge on any atom is -0.368 e. The predicted molar refractivity (Wildman–Crippen MR) is 58.0 cm³/mol. The summed E-state index contributed by atoms with van der Waals surface area (Å²) in [6.45, 7) is 2.37. The molecule has 2 rings (SSSR count). The fourth-order valence-corrected chi connectivity index (χ4v) is 1.22. The number of nitrogens with zero attached hydrogens (tertiary/aromatic N) is 5. The van der Waals surface area contributed by atoms with Crippen LogP contribution in [0.3, 0.4) is 0 Å². The van der Waals surface area contributed by atoms with Crippen LogP contribution in [0.2, 0.25) is 0 Å². The maximum absolute atomic E-state index is 8.56. The van der Waals surface area contributed by atoms with E-state index in [9.17, 15) is 0 Å². The fraction of sp³-hybridized carbons (Fsp3) is 0.300. The third-order valence-corrected chi connectivity index (χ3v) is 1.99. The molecule has 7 heteroatoms. The number of aryl methyl sites for hydroxylation is 1. The van der Waals surface area contributed by atoms with Crippen molar-refractivity contribution >= 4 is 5.82 Å². The molecule has 0 bridgehead atoms. The summed E-state index contributed by atoms with van der Waals surface area (Å²) < 4.78 is 4.84. The smallest absolute Gasteiger partial charge is 0.223 e. The van der Waals surface area contributed by atoms with E-state index in [0.717, 1.165) is 0 Å². The third-order valence-electron chi connectivity index (χ3n) is 1.99. The van der Waals surface area contributed by atoms with Gasteiger partial charge in [0.2, 0.25) is 5.89 Å². The van der Waals surface area contributed by atoms with Gasteiger partial charge in [-0.25, -0.2) is 9.97 Å². The van der Waals surface area contributed by atoms with Crippen molar-refractivity contribution in [1.82, 2.24) is 20.1 Å². The first-order valence-corrected chi connectivity index (χ1v) is 5.03. The minimum absolute atomic E-state index is 0.296. The lowest BCUT2D eigenvalue weighted by molar-refractivity contribution is 0.387. The van der Waals surface area contributed by atoms with Crippen LogP contribution in [0, 0.1) is 18.3 Å². The first-order chi connectivity index (χ1) is 8.28. The fourth-order valence-electron chi connectivity index (χ4n) is 1.22. The van der Waals surface area contributed by atoms with Gasteiger partial charge in [-0.1, -0.05) is 5.16 Å². The van der Waals surface area contributed by atoms with E-state index in [-0.39, 0.29) is 0 Å². The van der Waals surface area contributed by atoms with E-state index in [4.69, 9.17) is 9.78 Å². The molecule has 0 aliphatic rings. The predicted octanol–water partition coefficient (Wildman–Crippen LogP) is 0.694. The number of aromatic nitrogens is 4. The molecule has 2 heterocycles. The van der Waals surface area contributed by atoms with Crippen molar-refractivity contribution < 1.29 is 4.52 Å². The molecule has 2 aromatic heterocycles. The summed E-state index contributed by atoms with van der Waals surface area (Å²) in [6, 6.07) is 1.91. The molecule has 0 saturated heterocycles. The quantitative estimate of drug-likeness (QED) is 0.824. The van der Waals surface area contributed by atoms with Crippen molar-refractivity contribution in [2.75, 3.05) is 11.9 Å². The molecule has 1 N–H and O–H groups in total. The van der Waals surface area contributed by atoms with Crippen LogP contribution in [-0.2, 0) is 6.42 Å². The number of rotatable bonds is 4. The molecule has 0 fully saturated rings. The second-order valence-corrected chi connectivity index (χ2v) is 3.31. The van der Waals surface area contributed by atoms with E-state index >= 15 is 0 Å². The zero-order valence-electron chi connectivity index (χ0n) is 9.21. The minimum atomic E-state index is 0.296. The van der Waals surface area contributed by atoms with Crippen LogP contribution in [0.25, 0.3) is 0 Å². The lowest BCUT2D eigenvalue weighted by Gasteiger charge is -2.01. The summed E-state index contributed by atoms with van der Waals surface area (Å²) in [7, 11) is 0. The van der Waals surface area contributed by atoms with Gasteiger partial charge in [0.25, 0.3) is 0 Å². The molecule has 0 spiro atoms. The molecule has 0 amide bonds. The Kier molecular flexibility index (Phi) is 3.25. The Morgan fingerprint density at radius 3 is 2.88 bits per heavy atom. The second-order valence-electron chi connectivity index (χ2n) is 3.31. The highest BCUT2D eigenvalue weighted by molar-refractivity contribution is 5.33. The van der Waals surface area contributed by atoms with Gasteiger partial charge in [-0.3, -0.25) is 0 Å². The van der Waals surface area contributed by atoms with Crippen LogP contribution >= 0.6 is 0 Å². The van der Waals surface area contributed by atoms with Crippen LogP contribution in [0.5, 0.6) is 0 Å². The van der Waals surface area contributed by atoms with Crippen LogP contribution in [0.15, 0.2) is 16.9 Å². The molecule has 86 valence electrons. The van der Waals surface area contributed by atoms with Crippen LogP contribution < -0.4 is 5.32 Å². The molecular formula is C10H10N6O. The van der Waals surface area contributed by atoms with Gasteiger partial charge in [-0.2, -0.15) is 10.2 Å². The normalized spacial score (nSPS) is 9.88. The average Bonchev–Trinajstić information content (AvgIpc) is 2.76. The monoisotopic (exact) mass is 230 g/mol. The Labute approximate surface area is 97.5 Å². The van der Waals surface area contributed by atoms with Crippen molar-refractivity contribution in [3.8, 4) is 6.07 Å². The van der Waals surface area contributed by atoms with E-state index in [2.05, 4.69) is 25.4 Å². The summed E-state index contributed by atoms with van der Waals surface area (Å²) in [5.74, 6) is 1.82. The molecule has 0 aliphatic heterocycles. The van der Waals surface area contributed by atoms with E-state index in [1.165, 1.54) is 12.4 Å². The Morgan fingerprint density at radius 1 is 1.41 bits per heavy atom. The Morgan fingerprint density at radius 2 is 2.29 bits per heavy atom. The van der Waals surface area contributed by atoms with Crippen molar-refractivity contribution in [2.24, 2.45) is 0 Å². The summed E-state index contributed by atoms with van der Waals surface area (Å²) in [5.41, 5.74) is 0.296. The number of nitrogens with one attached hydrogen (secondary N) is 1. The van der Waals surface area contributed by atoms with Crippen LogP contribution in [0.4, 0.5) is 5.82 Å². The van der Waals surface area contributed by atoms with Gasteiger partial charge in [-0.15, -0.1) is 0 Å². The van der Waals surface area contributed by atoms with E-state index < -0.39 is 0 Å². The van der Waals surface area contributed by atoms with E-state index in [1.807, 2.05) is 6.07 Å². The first-order valence-electron chi connectivity index (χ1n) is 5.03. The van der Waals surface area contributed by atoms with Crippen molar-refractivity contribution in [1.29, 1.82) is 5.26 Å². The van der Waals surface area contributed by atoms with Crippen LogP contribution in [-0.4, -0.2) is 26.7 Å². The lowest BCUT2D eigenvalue weighted by Crippen LogP contribution is -2.07. The summed E-state index contributed by atoms with van der Waals surface area (Å²) in [4.78, 5) is 12.0. The summed E-state index contributed by atoms with van der Waals surface area (Å²) in [6.07, 6.45) is 3.57. The largest absolute Gasteiger partial charge is 0.368 e. The first kappa shape index (κ1) is 11.0. The van der Waals surface area contributed by atoms with Gasteiger partial charge >= 0.3 is 0 Å². The molecular weight excluding hydrogens is 220 g/mol. The van der Waals surface area contributed by atoms with E-state index in [0.29, 0.717) is 36.2 Å². The molecule has 0 radical (unpaired) electrons. The Bertz CT molecular complexity index is 526.